The lowest BCUT2D eigenvalue weighted by molar-refractivity contribution is 0.0725. The molecule has 5 nitrogen and oxygen atoms in total. The SMILES string of the molecule is Cn1ncc(N)c1C(=O)N1CCCC1c1ccccc1Cl. The molecule has 1 saturated heterocycles. The van der Waals surface area contributed by atoms with Gasteiger partial charge in [0.1, 0.15) is 5.69 Å². The van der Waals surface area contributed by atoms with Crippen LogP contribution in [0.1, 0.15) is 34.9 Å². The van der Waals surface area contributed by atoms with Gasteiger partial charge in [0.2, 0.25) is 0 Å². The smallest absolute Gasteiger partial charge is 0.274 e. The van der Waals surface area contributed by atoms with Gasteiger partial charge in [-0.25, -0.2) is 0 Å². The molecule has 0 bridgehead atoms. The molecular formula is C15H17ClN4O. The second kappa shape index (κ2) is 5.41. The number of benzene rings is 1. The Hall–Kier alpha value is -2.01. The van der Waals surface area contributed by atoms with Crippen LogP contribution in [0.5, 0.6) is 0 Å². The van der Waals surface area contributed by atoms with E-state index in [0.717, 1.165) is 18.4 Å². The van der Waals surface area contributed by atoms with Crippen LogP contribution in [-0.4, -0.2) is 27.1 Å². The van der Waals surface area contributed by atoms with Crippen molar-refractivity contribution in [3.63, 3.8) is 0 Å². The molecule has 1 aliphatic heterocycles. The lowest BCUT2D eigenvalue weighted by Crippen LogP contribution is -2.32. The average Bonchev–Trinajstić information content (AvgIpc) is 3.06. The van der Waals surface area contributed by atoms with Crippen molar-refractivity contribution in [1.29, 1.82) is 0 Å². The molecule has 110 valence electrons. The van der Waals surface area contributed by atoms with Crippen LogP contribution in [-0.2, 0) is 7.05 Å². The van der Waals surface area contributed by atoms with Gasteiger partial charge < -0.3 is 10.6 Å². The van der Waals surface area contributed by atoms with E-state index in [1.54, 1.807) is 7.05 Å². The number of carbonyl (C=O) groups is 1. The number of nitrogens with zero attached hydrogens (tertiary/aromatic N) is 3. The zero-order chi connectivity index (χ0) is 15.0. The first-order chi connectivity index (χ1) is 10.1. The minimum Gasteiger partial charge on any atom is -0.396 e. The van der Waals surface area contributed by atoms with Crippen LogP contribution < -0.4 is 5.73 Å². The maximum Gasteiger partial charge on any atom is 0.274 e. The standard InChI is InChI=1S/C15H17ClN4O/c1-19-14(12(17)9-18-19)15(21)20-8-4-7-13(20)10-5-2-3-6-11(10)16/h2-3,5-6,9,13H,4,7-8,17H2,1H3. The Balaban J connectivity index is 1.95. The number of nitrogens with two attached hydrogens (primary N) is 1. The zero-order valence-electron chi connectivity index (χ0n) is 11.8. The number of rotatable bonds is 2. The minimum atomic E-state index is -0.0880. The first kappa shape index (κ1) is 13.9. The fourth-order valence-corrected chi connectivity index (χ4v) is 3.19. The number of aryl methyl sites for hydroxylation is 1. The molecule has 0 spiro atoms. The summed E-state index contributed by atoms with van der Waals surface area (Å²) in [5.41, 5.74) is 7.71. The number of hydrogen-bond acceptors (Lipinski definition) is 3. The molecule has 0 radical (unpaired) electrons. The molecule has 6 heteroatoms. The molecule has 2 aromatic rings. The number of amides is 1. The minimum absolute atomic E-state index is 0.000463. The number of carbonyl (C=O) groups excluding carboxylic acids is 1. The quantitative estimate of drug-likeness (QED) is 0.927. The third-order valence-electron chi connectivity index (χ3n) is 3.95. The third kappa shape index (κ3) is 2.38. The van der Waals surface area contributed by atoms with Crippen LogP contribution >= 0.6 is 11.6 Å². The van der Waals surface area contributed by atoms with E-state index < -0.39 is 0 Å². The molecule has 2 heterocycles. The number of halogens is 1. The molecule has 1 atom stereocenters. The van der Waals surface area contributed by atoms with E-state index in [-0.39, 0.29) is 11.9 Å². The molecule has 1 aliphatic rings. The van der Waals surface area contributed by atoms with Gasteiger partial charge in [0.15, 0.2) is 0 Å². The highest BCUT2D eigenvalue weighted by atomic mass is 35.5. The lowest BCUT2D eigenvalue weighted by atomic mass is 10.0. The van der Waals surface area contributed by atoms with Crippen LogP contribution in [0.3, 0.4) is 0 Å². The second-order valence-electron chi connectivity index (χ2n) is 5.25. The summed E-state index contributed by atoms with van der Waals surface area (Å²) in [6.07, 6.45) is 3.38. The van der Waals surface area contributed by atoms with E-state index in [0.29, 0.717) is 22.9 Å². The summed E-state index contributed by atoms with van der Waals surface area (Å²) in [4.78, 5) is 14.6. The topological polar surface area (TPSA) is 64.2 Å². The van der Waals surface area contributed by atoms with Crippen LogP contribution in [0.2, 0.25) is 5.02 Å². The van der Waals surface area contributed by atoms with Gasteiger partial charge in [-0.2, -0.15) is 5.10 Å². The molecule has 21 heavy (non-hydrogen) atoms. The Labute approximate surface area is 128 Å². The molecule has 0 saturated carbocycles. The summed E-state index contributed by atoms with van der Waals surface area (Å²) in [5.74, 6) is -0.0880. The van der Waals surface area contributed by atoms with E-state index in [2.05, 4.69) is 5.10 Å². The van der Waals surface area contributed by atoms with Crippen LogP contribution in [0.4, 0.5) is 5.69 Å². The lowest BCUT2D eigenvalue weighted by Gasteiger charge is -2.26. The van der Waals surface area contributed by atoms with Crippen molar-refractivity contribution < 1.29 is 4.79 Å². The van der Waals surface area contributed by atoms with Gasteiger partial charge >= 0.3 is 0 Å². The maximum atomic E-state index is 12.8. The molecule has 1 unspecified atom stereocenters. The van der Waals surface area contributed by atoms with Crippen molar-refractivity contribution in [3.8, 4) is 0 Å². The maximum absolute atomic E-state index is 12.8. The third-order valence-corrected chi connectivity index (χ3v) is 4.29. The normalized spacial score (nSPS) is 18.2. The first-order valence-corrected chi connectivity index (χ1v) is 7.30. The van der Waals surface area contributed by atoms with Crippen molar-refractivity contribution >= 4 is 23.2 Å². The largest absolute Gasteiger partial charge is 0.396 e. The number of anilines is 1. The molecule has 2 N–H and O–H groups in total. The van der Waals surface area contributed by atoms with Crippen molar-refractivity contribution in [2.45, 2.75) is 18.9 Å². The van der Waals surface area contributed by atoms with Crippen molar-refractivity contribution in [2.24, 2.45) is 7.05 Å². The predicted octanol–water partition coefficient (Wildman–Crippen LogP) is 2.63. The summed E-state index contributed by atoms with van der Waals surface area (Å²) >= 11 is 6.28. The number of likely N-dealkylation sites (tertiary alicyclic amines) is 1. The fraction of sp³-hybridized carbons (Fsp3) is 0.333. The van der Waals surface area contributed by atoms with Crippen LogP contribution in [0, 0.1) is 0 Å². The number of aromatic nitrogens is 2. The van der Waals surface area contributed by atoms with E-state index >= 15 is 0 Å². The van der Waals surface area contributed by atoms with Crippen molar-refractivity contribution in [3.05, 3.63) is 46.7 Å². The van der Waals surface area contributed by atoms with Crippen molar-refractivity contribution in [2.75, 3.05) is 12.3 Å². The summed E-state index contributed by atoms with van der Waals surface area (Å²) in [6.45, 7) is 0.708. The van der Waals surface area contributed by atoms with Gasteiger partial charge in [-0.3, -0.25) is 9.48 Å². The predicted molar refractivity (Wildman–Crippen MR) is 82.1 cm³/mol. The first-order valence-electron chi connectivity index (χ1n) is 6.92. The van der Waals surface area contributed by atoms with E-state index in [1.807, 2.05) is 29.2 Å². The van der Waals surface area contributed by atoms with Gasteiger partial charge in [-0.1, -0.05) is 29.8 Å². The average molecular weight is 305 g/mol. The van der Waals surface area contributed by atoms with E-state index in [1.165, 1.54) is 10.9 Å². The van der Waals surface area contributed by atoms with Crippen LogP contribution in [0.25, 0.3) is 0 Å². The Bertz CT molecular complexity index is 663. The fourth-order valence-electron chi connectivity index (χ4n) is 2.93. The Morgan fingerprint density at radius 3 is 2.86 bits per heavy atom. The van der Waals surface area contributed by atoms with Crippen molar-refractivity contribution in [1.82, 2.24) is 14.7 Å². The molecule has 1 aromatic carbocycles. The molecular weight excluding hydrogens is 288 g/mol. The molecule has 1 aromatic heterocycles. The van der Waals surface area contributed by atoms with E-state index in [4.69, 9.17) is 17.3 Å². The van der Waals surface area contributed by atoms with Gasteiger partial charge in [0, 0.05) is 18.6 Å². The van der Waals surface area contributed by atoms with E-state index in [9.17, 15) is 4.79 Å². The number of hydrogen-bond donors (Lipinski definition) is 1. The Kier molecular flexibility index (Phi) is 3.59. The van der Waals surface area contributed by atoms with Crippen LogP contribution in [0.15, 0.2) is 30.5 Å². The summed E-state index contributed by atoms with van der Waals surface area (Å²) < 4.78 is 1.53. The summed E-state index contributed by atoms with van der Waals surface area (Å²) in [5, 5.41) is 4.74. The Morgan fingerprint density at radius 1 is 1.43 bits per heavy atom. The van der Waals surface area contributed by atoms with Gasteiger partial charge in [-0.15, -0.1) is 0 Å². The zero-order valence-corrected chi connectivity index (χ0v) is 12.5. The van der Waals surface area contributed by atoms with Gasteiger partial charge in [-0.05, 0) is 24.5 Å². The highest BCUT2D eigenvalue weighted by molar-refractivity contribution is 6.31. The number of nitrogen functional groups attached to an aromatic ring is 1. The van der Waals surface area contributed by atoms with Gasteiger partial charge in [0.05, 0.1) is 17.9 Å². The Morgan fingerprint density at radius 2 is 2.19 bits per heavy atom. The second-order valence-corrected chi connectivity index (χ2v) is 5.66. The highest BCUT2D eigenvalue weighted by Crippen LogP contribution is 2.36. The molecule has 3 rings (SSSR count). The summed E-state index contributed by atoms with van der Waals surface area (Å²) in [7, 11) is 1.73. The monoisotopic (exact) mass is 304 g/mol. The molecule has 1 amide bonds. The summed E-state index contributed by atoms with van der Waals surface area (Å²) in [6, 6.07) is 7.68. The van der Waals surface area contributed by atoms with Gasteiger partial charge in [0.25, 0.3) is 5.91 Å². The molecule has 1 fully saturated rings. The highest BCUT2D eigenvalue weighted by Gasteiger charge is 2.33. The molecule has 0 aliphatic carbocycles.